The van der Waals surface area contributed by atoms with Crippen LogP contribution in [0.2, 0.25) is 0 Å². The fourth-order valence-corrected chi connectivity index (χ4v) is 2.35. The molecule has 18 heavy (non-hydrogen) atoms. The van der Waals surface area contributed by atoms with Crippen LogP contribution < -0.4 is 0 Å². The van der Waals surface area contributed by atoms with Gasteiger partial charge >= 0.3 is 0 Å². The Morgan fingerprint density at radius 3 is 2.67 bits per heavy atom. The molecule has 5 nitrogen and oxygen atoms in total. The SMILES string of the molecule is CSC(=Nc1nccc(-n2cnc(C)c2)n1)SC. The van der Waals surface area contributed by atoms with Gasteiger partial charge in [0.15, 0.2) is 0 Å². The van der Waals surface area contributed by atoms with E-state index in [1.54, 1.807) is 36.0 Å². The first-order valence-corrected chi connectivity index (χ1v) is 7.68. The molecule has 2 heterocycles. The van der Waals surface area contributed by atoms with Gasteiger partial charge in [0, 0.05) is 12.4 Å². The summed E-state index contributed by atoms with van der Waals surface area (Å²) < 4.78 is 2.79. The highest BCUT2D eigenvalue weighted by Crippen LogP contribution is 2.16. The third-order valence-electron chi connectivity index (χ3n) is 2.14. The lowest BCUT2D eigenvalue weighted by atomic mass is 10.5. The molecular weight excluding hydrogens is 266 g/mol. The van der Waals surface area contributed by atoms with Gasteiger partial charge in [-0.25, -0.2) is 9.97 Å². The zero-order valence-corrected chi connectivity index (χ0v) is 12.0. The van der Waals surface area contributed by atoms with Crippen molar-refractivity contribution in [3.63, 3.8) is 0 Å². The lowest BCUT2D eigenvalue weighted by molar-refractivity contribution is 0.969. The van der Waals surface area contributed by atoms with Gasteiger partial charge in [-0.05, 0) is 25.5 Å². The number of nitrogens with zero attached hydrogens (tertiary/aromatic N) is 5. The van der Waals surface area contributed by atoms with Gasteiger partial charge in [-0.2, -0.15) is 9.98 Å². The van der Waals surface area contributed by atoms with Crippen LogP contribution in [-0.4, -0.2) is 36.4 Å². The van der Waals surface area contributed by atoms with Crippen molar-refractivity contribution >= 4 is 33.8 Å². The molecule has 0 saturated carbocycles. The number of thioether (sulfide) groups is 2. The summed E-state index contributed by atoms with van der Waals surface area (Å²) in [4.78, 5) is 17.1. The van der Waals surface area contributed by atoms with Gasteiger partial charge in [0.1, 0.15) is 16.5 Å². The summed E-state index contributed by atoms with van der Waals surface area (Å²) in [6, 6.07) is 1.83. The van der Waals surface area contributed by atoms with Crippen molar-refractivity contribution in [3.8, 4) is 5.82 Å². The summed E-state index contributed by atoms with van der Waals surface area (Å²) in [5, 5.41) is 0. The molecule has 0 spiro atoms. The van der Waals surface area contributed by atoms with E-state index in [9.17, 15) is 0 Å². The van der Waals surface area contributed by atoms with E-state index in [1.807, 2.05) is 36.3 Å². The third kappa shape index (κ3) is 3.11. The van der Waals surface area contributed by atoms with Crippen LogP contribution >= 0.6 is 23.5 Å². The number of hydrogen-bond donors (Lipinski definition) is 0. The van der Waals surface area contributed by atoms with Crippen LogP contribution in [0.15, 0.2) is 29.8 Å². The predicted octanol–water partition coefficient (Wildman–Crippen LogP) is 2.68. The molecule has 94 valence electrons. The second-order valence-electron chi connectivity index (χ2n) is 3.42. The molecule has 0 aliphatic carbocycles. The van der Waals surface area contributed by atoms with Crippen molar-refractivity contribution in [2.75, 3.05) is 12.5 Å². The minimum Gasteiger partial charge on any atom is -0.290 e. The number of aliphatic imine (C=N–C) groups is 1. The van der Waals surface area contributed by atoms with Gasteiger partial charge in [0.25, 0.3) is 5.95 Å². The molecule has 0 aromatic carbocycles. The molecule has 0 bridgehead atoms. The lowest BCUT2D eigenvalue weighted by Crippen LogP contribution is -1.95. The zero-order valence-electron chi connectivity index (χ0n) is 10.4. The molecule has 0 fully saturated rings. The van der Waals surface area contributed by atoms with E-state index in [2.05, 4.69) is 19.9 Å². The van der Waals surface area contributed by atoms with Gasteiger partial charge in [-0.1, -0.05) is 0 Å². The van der Waals surface area contributed by atoms with Crippen LogP contribution in [0.5, 0.6) is 0 Å². The normalized spacial score (nSPS) is 10.4. The van der Waals surface area contributed by atoms with Crippen molar-refractivity contribution in [2.24, 2.45) is 4.99 Å². The Kier molecular flexibility index (Phi) is 4.38. The molecule has 0 radical (unpaired) electrons. The van der Waals surface area contributed by atoms with Crippen LogP contribution in [0.3, 0.4) is 0 Å². The fourth-order valence-electron chi connectivity index (χ4n) is 1.34. The van der Waals surface area contributed by atoms with E-state index >= 15 is 0 Å². The summed E-state index contributed by atoms with van der Waals surface area (Å²) >= 11 is 3.17. The summed E-state index contributed by atoms with van der Waals surface area (Å²) in [7, 11) is 0. The fraction of sp³-hybridized carbons (Fsp3) is 0.273. The van der Waals surface area contributed by atoms with Crippen molar-refractivity contribution in [1.82, 2.24) is 19.5 Å². The molecule has 0 unspecified atom stereocenters. The second-order valence-corrected chi connectivity index (χ2v) is 5.27. The largest absolute Gasteiger partial charge is 0.290 e. The zero-order chi connectivity index (χ0) is 13.0. The molecular formula is C11H13N5S2. The highest BCUT2D eigenvalue weighted by molar-refractivity contribution is 8.38. The quantitative estimate of drug-likeness (QED) is 0.625. The molecule has 0 atom stereocenters. The molecule has 7 heteroatoms. The highest BCUT2D eigenvalue weighted by atomic mass is 32.2. The molecule has 0 aliphatic heterocycles. The Bertz CT molecular complexity index is 558. The number of hydrogen-bond acceptors (Lipinski definition) is 6. The first-order chi connectivity index (χ1) is 8.72. The minimum absolute atomic E-state index is 0.470. The Labute approximate surface area is 114 Å². The maximum atomic E-state index is 4.39. The average Bonchev–Trinajstić information content (AvgIpc) is 2.83. The number of aromatic nitrogens is 4. The van der Waals surface area contributed by atoms with Gasteiger partial charge in [-0.3, -0.25) is 4.57 Å². The van der Waals surface area contributed by atoms with Crippen molar-refractivity contribution < 1.29 is 0 Å². The summed E-state index contributed by atoms with van der Waals surface area (Å²) in [6.07, 6.45) is 9.32. The number of aryl methyl sites for hydroxylation is 1. The Balaban J connectivity index is 2.33. The van der Waals surface area contributed by atoms with E-state index in [0.717, 1.165) is 15.9 Å². The first kappa shape index (κ1) is 13.1. The number of rotatable bonds is 2. The van der Waals surface area contributed by atoms with Crippen LogP contribution in [0.4, 0.5) is 5.95 Å². The molecule has 0 amide bonds. The standard InChI is InChI=1S/C11H13N5S2/c1-8-6-16(7-13-8)9-4-5-12-10(14-9)15-11(17-2)18-3/h4-7H,1-3H3. The van der Waals surface area contributed by atoms with E-state index in [0.29, 0.717) is 5.95 Å². The van der Waals surface area contributed by atoms with E-state index in [4.69, 9.17) is 0 Å². The smallest absolute Gasteiger partial charge is 0.252 e. The summed E-state index contributed by atoms with van der Waals surface area (Å²) in [6.45, 7) is 1.94. The van der Waals surface area contributed by atoms with Crippen LogP contribution in [0.1, 0.15) is 5.69 Å². The van der Waals surface area contributed by atoms with E-state index < -0.39 is 0 Å². The van der Waals surface area contributed by atoms with Crippen molar-refractivity contribution in [2.45, 2.75) is 6.92 Å². The minimum atomic E-state index is 0.470. The third-order valence-corrected chi connectivity index (χ3v) is 4.03. The van der Waals surface area contributed by atoms with Crippen LogP contribution in [-0.2, 0) is 0 Å². The Morgan fingerprint density at radius 2 is 2.06 bits per heavy atom. The highest BCUT2D eigenvalue weighted by Gasteiger charge is 2.02. The van der Waals surface area contributed by atoms with Crippen molar-refractivity contribution in [3.05, 3.63) is 30.5 Å². The molecule has 0 saturated heterocycles. The monoisotopic (exact) mass is 279 g/mol. The molecule has 2 aromatic rings. The van der Waals surface area contributed by atoms with Gasteiger partial charge in [-0.15, -0.1) is 23.5 Å². The predicted molar refractivity (Wildman–Crippen MR) is 78.0 cm³/mol. The van der Waals surface area contributed by atoms with Gasteiger partial charge < -0.3 is 0 Å². The van der Waals surface area contributed by atoms with Gasteiger partial charge in [0.05, 0.1) is 5.69 Å². The maximum Gasteiger partial charge on any atom is 0.252 e. The second kappa shape index (κ2) is 6.01. The Morgan fingerprint density at radius 1 is 1.28 bits per heavy atom. The average molecular weight is 279 g/mol. The van der Waals surface area contributed by atoms with Crippen LogP contribution in [0, 0.1) is 6.92 Å². The molecule has 0 aliphatic rings. The topological polar surface area (TPSA) is 56.0 Å². The molecule has 0 N–H and O–H groups in total. The maximum absolute atomic E-state index is 4.39. The van der Waals surface area contributed by atoms with Gasteiger partial charge in [0.2, 0.25) is 0 Å². The van der Waals surface area contributed by atoms with E-state index in [-0.39, 0.29) is 0 Å². The van der Waals surface area contributed by atoms with Crippen molar-refractivity contribution in [1.29, 1.82) is 0 Å². The van der Waals surface area contributed by atoms with Crippen LogP contribution in [0.25, 0.3) is 5.82 Å². The number of imidazole rings is 1. The summed E-state index contributed by atoms with van der Waals surface area (Å²) in [5.74, 6) is 1.24. The lowest BCUT2D eigenvalue weighted by Gasteiger charge is -2.02. The first-order valence-electron chi connectivity index (χ1n) is 5.23. The molecule has 2 rings (SSSR count). The Hall–Kier alpha value is -1.34. The summed E-state index contributed by atoms with van der Waals surface area (Å²) in [5.41, 5.74) is 0.951. The van der Waals surface area contributed by atoms with E-state index in [1.165, 1.54) is 0 Å². The molecule has 2 aromatic heterocycles.